The first-order chi connectivity index (χ1) is 10.3. The summed E-state index contributed by atoms with van der Waals surface area (Å²) in [6.45, 7) is 2.61. The molecule has 3 N–H and O–H groups in total. The largest absolute Gasteiger partial charge is 0.479 e. The molecule has 1 heterocycles. The third-order valence-corrected chi connectivity index (χ3v) is 3.14. The van der Waals surface area contributed by atoms with E-state index >= 15 is 0 Å². The fourth-order valence-corrected chi connectivity index (χ4v) is 1.66. The van der Waals surface area contributed by atoms with Crippen molar-refractivity contribution in [3.63, 3.8) is 0 Å². The molecule has 1 atom stereocenters. The summed E-state index contributed by atoms with van der Waals surface area (Å²) in [7, 11) is 0. The van der Waals surface area contributed by atoms with Gasteiger partial charge in [-0.2, -0.15) is 0 Å². The van der Waals surface area contributed by atoms with E-state index in [0.29, 0.717) is 5.69 Å². The van der Waals surface area contributed by atoms with E-state index in [2.05, 4.69) is 10.5 Å². The van der Waals surface area contributed by atoms with Crippen molar-refractivity contribution in [3.05, 3.63) is 41.7 Å². The molecule has 0 aliphatic rings. The maximum atomic E-state index is 11.9. The van der Waals surface area contributed by atoms with Crippen LogP contribution in [-0.4, -0.2) is 39.4 Å². The van der Waals surface area contributed by atoms with Gasteiger partial charge in [0.05, 0.1) is 6.54 Å². The molecule has 0 fully saturated rings. The number of nitrogens with zero attached hydrogens (tertiary/aromatic N) is 1. The smallest absolute Gasteiger partial charge is 0.337 e. The first kappa shape index (κ1) is 15.7. The molecule has 2 rings (SSSR count). The number of aliphatic hydroxyl groups is 1. The quantitative estimate of drug-likeness (QED) is 0.765. The van der Waals surface area contributed by atoms with E-state index in [1.165, 1.54) is 6.07 Å². The Labute approximate surface area is 126 Å². The van der Waals surface area contributed by atoms with Crippen LogP contribution in [0.3, 0.4) is 0 Å². The Bertz CT molecular complexity index is 688. The zero-order valence-corrected chi connectivity index (χ0v) is 12.2. The standard InChI is InChI=1S/C15H16N2O5/c1-9-3-5-10(6-4-9)11-7-12(22-17-11)13(18)16-8-15(2,21)14(19)20/h3-7,21H,8H2,1-2H3,(H,16,18)(H,19,20). The van der Waals surface area contributed by atoms with Gasteiger partial charge in [0.1, 0.15) is 5.69 Å². The van der Waals surface area contributed by atoms with Crippen molar-refractivity contribution < 1.29 is 24.3 Å². The summed E-state index contributed by atoms with van der Waals surface area (Å²) in [6.07, 6.45) is 0. The minimum Gasteiger partial charge on any atom is -0.479 e. The number of carboxylic acid groups (broad SMARTS) is 1. The van der Waals surface area contributed by atoms with Crippen LogP contribution in [0.5, 0.6) is 0 Å². The number of aliphatic carboxylic acids is 1. The Morgan fingerprint density at radius 3 is 2.55 bits per heavy atom. The third-order valence-electron chi connectivity index (χ3n) is 3.14. The molecule has 7 nitrogen and oxygen atoms in total. The van der Waals surface area contributed by atoms with Gasteiger partial charge in [0.25, 0.3) is 5.91 Å². The lowest BCUT2D eigenvalue weighted by Gasteiger charge is -2.17. The number of aryl methyl sites for hydroxylation is 1. The van der Waals surface area contributed by atoms with Gasteiger partial charge in [-0.3, -0.25) is 4.79 Å². The third kappa shape index (κ3) is 3.50. The fourth-order valence-electron chi connectivity index (χ4n) is 1.66. The monoisotopic (exact) mass is 304 g/mol. The Balaban J connectivity index is 2.06. The highest BCUT2D eigenvalue weighted by atomic mass is 16.5. The second kappa shape index (κ2) is 5.98. The Morgan fingerprint density at radius 1 is 1.32 bits per heavy atom. The van der Waals surface area contributed by atoms with Gasteiger partial charge in [0.15, 0.2) is 5.60 Å². The second-order valence-corrected chi connectivity index (χ2v) is 5.20. The zero-order chi connectivity index (χ0) is 16.3. The predicted octanol–water partition coefficient (Wildman–Crippen LogP) is 1.22. The fraction of sp³-hybridized carbons (Fsp3) is 0.267. The van der Waals surface area contributed by atoms with Crippen molar-refractivity contribution in [1.29, 1.82) is 0 Å². The maximum Gasteiger partial charge on any atom is 0.337 e. The lowest BCUT2D eigenvalue weighted by Crippen LogP contribution is -2.46. The van der Waals surface area contributed by atoms with Crippen LogP contribution in [0.15, 0.2) is 34.9 Å². The minimum atomic E-state index is -2.05. The molecule has 1 aromatic heterocycles. The molecular formula is C15H16N2O5. The van der Waals surface area contributed by atoms with Crippen molar-refractivity contribution in [2.24, 2.45) is 0 Å². The Morgan fingerprint density at radius 2 is 1.95 bits per heavy atom. The van der Waals surface area contributed by atoms with Crippen LogP contribution in [0.2, 0.25) is 0 Å². The van der Waals surface area contributed by atoms with Crippen LogP contribution < -0.4 is 5.32 Å². The molecule has 0 saturated heterocycles. The molecule has 22 heavy (non-hydrogen) atoms. The van der Waals surface area contributed by atoms with Gasteiger partial charge in [-0.1, -0.05) is 35.0 Å². The predicted molar refractivity (Wildman–Crippen MR) is 77.3 cm³/mol. The number of carboxylic acids is 1. The lowest BCUT2D eigenvalue weighted by molar-refractivity contribution is -0.155. The molecule has 1 aromatic carbocycles. The second-order valence-electron chi connectivity index (χ2n) is 5.20. The summed E-state index contributed by atoms with van der Waals surface area (Å²) in [6, 6.07) is 8.98. The van der Waals surface area contributed by atoms with Crippen molar-refractivity contribution in [3.8, 4) is 11.3 Å². The molecule has 0 radical (unpaired) electrons. The topological polar surface area (TPSA) is 113 Å². The number of amides is 1. The maximum absolute atomic E-state index is 11.9. The molecule has 0 aliphatic heterocycles. The summed E-state index contributed by atoms with van der Waals surface area (Å²) in [4.78, 5) is 22.6. The van der Waals surface area contributed by atoms with Crippen molar-refractivity contribution in [2.75, 3.05) is 6.54 Å². The van der Waals surface area contributed by atoms with E-state index in [1.807, 2.05) is 31.2 Å². The number of nitrogens with one attached hydrogen (secondary N) is 1. The van der Waals surface area contributed by atoms with Gasteiger partial charge in [0.2, 0.25) is 5.76 Å². The summed E-state index contributed by atoms with van der Waals surface area (Å²) in [5, 5.41) is 24.4. The van der Waals surface area contributed by atoms with Gasteiger partial charge in [-0.15, -0.1) is 0 Å². The number of aromatic nitrogens is 1. The van der Waals surface area contributed by atoms with Crippen LogP contribution in [-0.2, 0) is 4.79 Å². The molecule has 0 spiro atoms. The van der Waals surface area contributed by atoms with Crippen LogP contribution in [0, 0.1) is 6.92 Å². The first-order valence-corrected chi connectivity index (χ1v) is 6.57. The molecule has 2 aromatic rings. The molecule has 0 aliphatic carbocycles. The van der Waals surface area contributed by atoms with E-state index in [1.54, 1.807) is 0 Å². The van der Waals surface area contributed by atoms with Crippen molar-refractivity contribution >= 4 is 11.9 Å². The average molecular weight is 304 g/mol. The number of carbonyl (C=O) groups excluding carboxylic acids is 1. The molecule has 1 amide bonds. The zero-order valence-electron chi connectivity index (χ0n) is 12.2. The van der Waals surface area contributed by atoms with Crippen LogP contribution in [0.25, 0.3) is 11.3 Å². The summed E-state index contributed by atoms with van der Waals surface area (Å²) in [5.74, 6) is -2.13. The highest BCUT2D eigenvalue weighted by Crippen LogP contribution is 2.19. The van der Waals surface area contributed by atoms with Crippen molar-refractivity contribution in [2.45, 2.75) is 19.4 Å². The highest BCUT2D eigenvalue weighted by molar-refractivity contribution is 5.92. The Hall–Kier alpha value is -2.67. The van der Waals surface area contributed by atoms with Gasteiger partial charge in [0, 0.05) is 11.6 Å². The number of hydrogen-bond acceptors (Lipinski definition) is 5. The van der Waals surface area contributed by atoms with Crippen LogP contribution in [0.1, 0.15) is 23.0 Å². The summed E-state index contributed by atoms with van der Waals surface area (Å²) < 4.78 is 4.95. The first-order valence-electron chi connectivity index (χ1n) is 6.57. The molecule has 0 bridgehead atoms. The molecule has 1 unspecified atom stereocenters. The number of carbonyl (C=O) groups is 2. The molecule has 116 valence electrons. The van der Waals surface area contributed by atoms with E-state index in [0.717, 1.165) is 18.1 Å². The number of benzene rings is 1. The molecular weight excluding hydrogens is 288 g/mol. The van der Waals surface area contributed by atoms with E-state index < -0.39 is 24.0 Å². The van der Waals surface area contributed by atoms with Gasteiger partial charge < -0.3 is 20.1 Å². The highest BCUT2D eigenvalue weighted by Gasteiger charge is 2.30. The van der Waals surface area contributed by atoms with Gasteiger partial charge in [-0.05, 0) is 13.8 Å². The molecule has 0 saturated carbocycles. The number of hydrogen-bond donors (Lipinski definition) is 3. The van der Waals surface area contributed by atoms with Gasteiger partial charge in [-0.25, -0.2) is 4.79 Å². The summed E-state index contributed by atoms with van der Waals surface area (Å²) >= 11 is 0. The summed E-state index contributed by atoms with van der Waals surface area (Å²) in [5.41, 5.74) is 0.345. The molecule has 7 heteroatoms. The van der Waals surface area contributed by atoms with Gasteiger partial charge >= 0.3 is 5.97 Å². The van der Waals surface area contributed by atoms with E-state index in [4.69, 9.17) is 9.63 Å². The van der Waals surface area contributed by atoms with Crippen molar-refractivity contribution in [1.82, 2.24) is 10.5 Å². The van der Waals surface area contributed by atoms with E-state index in [9.17, 15) is 14.7 Å². The minimum absolute atomic E-state index is 0.0586. The average Bonchev–Trinajstić information content (AvgIpc) is 2.95. The SMILES string of the molecule is Cc1ccc(-c2cc(C(=O)NCC(C)(O)C(=O)O)on2)cc1. The van der Waals surface area contributed by atoms with E-state index in [-0.39, 0.29) is 5.76 Å². The normalized spacial score (nSPS) is 13.4. The Kier molecular flexibility index (Phi) is 4.27. The lowest BCUT2D eigenvalue weighted by atomic mass is 10.1. The number of rotatable bonds is 5. The van der Waals surface area contributed by atoms with Crippen LogP contribution in [0.4, 0.5) is 0 Å². The van der Waals surface area contributed by atoms with Crippen LogP contribution >= 0.6 is 0 Å².